The molecule has 3 nitrogen and oxygen atoms in total. The molecule has 0 aliphatic rings. The highest BCUT2D eigenvalue weighted by atomic mass is 79.9. The van der Waals surface area contributed by atoms with Crippen molar-refractivity contribution in [2.45, 2.75) is 26.4 Å². The number of halogens is 2. The number of hydrogen-bond acceptors (Lipinski definition) is 3. The molecule has 1 atom stereocenters. The first-order valence-electron chi connectivity index (χ1n) is 6.85. The van der Waals surface area contributed by atoms with Gasteiger partial charge in [-0.2, -0.15) is 0 Å². The predicted molar refractivity (Wildman–Crippen MR) is 92.5 cm³/mol. The van der Waals surface area contributed by atoms with Crippen LogP contribution >= 0.6 is 31.9 Å². The van der Waals surface area contributed by atoms with Crippen molar-refractivity contribution in [3.63, 3.8) is 0 Å². The van der Waals surface area contributed by atoms with Gasteiger partial charge in [-0.15, -0.1) is 0 Å². The van der Waals surface area contributed by atoms with Crippen molar-refractivity contribution < 1.29 is 4.74 Å². The van der Waals surface area contributed by atoms with Crippen molar-refractivity contribution in [2.24, 2.45) is 0 Å². The fraction of sp³-hybridized carbons (Fsp3) is 0.312. The molecule has 0 aliphatic heterocycles. The maximum absolute atomic E-state index is 5.74. The van der Waals surface area contributed by atoms with E-state index in [1.165, 1.54) is 5.56 Å². The molecule has 0 bridgehead atoms. The Hall–Kier alpha value is -0.910. The minimum absolute atomic E-state index is 0.250. The summed E-state index contributed by atoms with van der Waals surface area (Å²) in [4.78, 5) is 4.05. The summed E-state index contributed by atoms with van der Waals surface area (Å²) in [7, 11) is 0. The Morgan fingerprint density at radius 3 is 2.62 bits per heavy atom. The first-order chi connectivity index (χ1) is 10.1. The molecule has 1 aromatic heterocycles. The molecule has 1 heterocycles. The Balaban J connectivity index is 2.12. The number of ether oxygens (including phenoxy) is 1. The number of benzene rings is 1. The second-order valence-corrected chi connectivity index (χ2v) is 6.46. The highest BCUT2D eigenvalue weighted by Gasteiger charge is 2.11. The van der Waals surface area contributed by atoms with E-state index in [4.69, 9.17) is 4.74 Å². The molecular weight excluding hydrogens is 396 g/mol. The van der Waals surface area contributed by atoms with Crippen LogP contribution in [0.4, 0.5) is 0 Å². The Morgan fingerprint density at radius 2 is 1.95 bits per heavy atom. The summed E-state index contributed by atoms with van der Waals surface area (Å²) in [5.74, 6) is 0.898. The maximum atomic E-state index is 5.74. The minimum Gasteiger partial charge on any atom is -0.492 e. The summed E-state index contributed by atoms with van der Waals surface area (Å²) in [5, 5.41) is 3.52. The lowest BCUT2D eigenvalue weighted by Crippen LogP contribution is -2.18. The Bertz CT molecular complexity index is 590. The predicted octanol–water partition coefficient (Wildman–Crippen LogP) is 4.86. The highest BCUT2D eigenvalue weighted by Crippen LogP contribution is 2.33. The van der Waals surface area contributed by atoms with Gasteiger partial charge < -0.3 is 10.1 Å². The van der Waals surface area contributed by atoms with Gasteiger partial charge in [-0.05, 0) is 59.6 Å². The summed E-state index contributed by atoms with van der Waals surface area (Å²) < 4.78 is 7.74. The largest absolute Gasteiger partial charge is 0.492 e. The van der Waals surface area contributed by atoms with Gasteiger partial charge >= 0.3 is 0 Å². The third kappa shape index (κ3) is 4.53. The van der Waals surface area contributed by atoms with Crippen LogP contribution < -0.4 is 10.1 Å². The number of hydrogen-bond donors (Lipinski definition) is 1. The average Bonchev–Trinajstić information content (AvgIpc) is 2.48. The Morgan fingerprint density at radius 1 is 1.24 bits per heavy atom. The van der Waals surface area contributed by atoms with Crippen molar-refractivity contribution in [1.29, 1.82) is 0 Å². The van der Waals surface area contributed by atoms with E-state index in [0.29, 0.717) is 6.61 Å². The smallest absolute Gasteiger partial charge is 0.138 e. The van der Waals surface area contributed by atoms with Crippen LogP contribution in [0.1, 0.15) is 31.0 Å². The van der Waals surface area contributed by atoms with Gasteiger partial charge in [0.15, 0.2) is 0 Å². The van der Waals surface area contributed by atoms with E-state index in [-0.39, 0.29) is 6.04 Å². The molecule has 0 spiro atoms. The number of nitrogens with zero attached hydrogens (tertiary/aromatic N) is 1. The van der Waals surface area contributed by atoms with Crippen LogP contribution in [-0.4, -0.2) is 11.6 Å². The number of rotatable bonds is 6. The van der Waals surface area contributed by atoms with Gasteiger partial charge in [0.1, 0.15) is 5.75 Å². The summed E-state index contributed by atoms with van der Waals surface area (Å²) in [6.07, 6.45) is 3.63. The molecule has 0 saturated heterocycles. The zero-order chi connectivity index (χ0) is 15.2. The van der Waals surface area contributed by atoms with E-state index < -0.39 is 0 Å². The molecule has 0 saturated carbocycles. The first kappa shape index (κ1) is 16.5. The molecule has 0 aliphatic carbocycles. The molecule has 1 N–H and O–H groups in total. The minimum atomic E-state index is 0.250. The average molecular weight is 414 g/mol. The van der Waals surface area contributed by atoms with Gasteiger partial charge in [0.05, 0.1) is 11.1 Å². The lowest BCUT2D eigenvalue weighted by molar-refractivity contribution is 0.332. The molecule has 5 heteroatoms. The van der Waals surface area contributed by atoms with Crippen LogP contribution in [0.5, 0.6) is 5.75 Å². The van der Waals surface area contributed by atoms with Gasteiger partial charge in [0, 0.05) is 35.0 Å². The Kier molecular flexibility index (Phi) is 6.21. The third-order valence-electron chi connectivity index (χ3n) is 3.18. The van der Waals surface area contributed by atoms with Crippen LogP contribution in [0.3, 0.4) is 0 Å². The van der Waals surface area contributed by atoms with E-state index in [2.05, 4.69) is 55.2 Å². The second-order valence-electron chi connectivity index (χ2n) is 4.69. The monoisotopic (exact) mass is 412 g/mol. The molecule has 2 aromatic rings. The number of nitrogens with one attached hydrogen (secondary N) is 1. The molecule has 0 radical (unpaired) electrons. The van der Waals surface area contributed by atoms with E-state index in [0.717, 1.165) is 26.8 Å². The van der Waals surface area contributed by atoms with E-state index in [9.17, 15) is 0 Å². The van der Waals surface area contributed by atoms with Crippen molar-refractivity contribution in [2.75, 3.05) is 6.61 Å². The molecular formula is C16H18Br2N2O. The lowest BCUT2D eigenvalue weighted by Gasteiger charge is -2.17. The quantitative estimate of drug-likeness (QED) is 0.734. The van der Waals surface area contributed by atoms with Gasteiger partial charge in [-0.1, -0.05) is 15.9 Å². The van der Waals surface area contributed by atoms with Gasteiger partial charge in [0.25, 0.3) is 0 Å². The molecule has 0 unspecified atom stereocenters. The Labute approximate surface area is 142 Å². The summed E-state index contributed by atoms with van der Waals surface area (Å²) in [6.45, 7) is 5.51. The molecule has 21 heavy (non-hydrogen) atoms. The molecule has 112 valence electrons. The van der Waals surface area contributed by atoms with Crippen LogP contribution in [-0.2, 0) is 6.54 Å². The van der Waals surface area contributed by atoms with E-state index in [1.54, 1.807) is 0 Å². The van der Waals surface area contributed by atoms with Crippen LogP contribution in [0.15, 0.2) is 45.6 Å². The van der Waals surface area contributed by atoms with Crippen molar-refractivity contribution in [1.82, 2.24) is 10.3 Å². The van der Waals surface area contributed by atoms with Gasteiger partial charge in [-0.25, -0.2) is 0 Å². The third-order valence-corrected chi connectivity index (χ3v) is 4.23. The molecule has 1 aromatic carbocycles. The summed E-state index contributed by atoms with van der Waals surface area (Å²) in [6, 6.07) is 8.39. The van der Waals surface area contributed by atoms with Crippen LogP contribution in [0.25, 0.3) is 0 Å². The highest BCUT2D eigenvalue weighted by molar-refractivity contribution is 9.11. The fourth-order valence-electron chi connectivity index (χ4n) is 2.08. The number of aromatic nitrogens is 1. The standard InChI is InChI=1S/C16H18Br2N2O/c1-3-21-16-13(8-14(17)9-15(16)18)10-20-11(2)12-4-6-19-7-5-12/h4-9,11,20H,3,10H2,1-2H3/t11-/m1/s1. The zero-order valence-corrected chi connectivity index (χ0v) is 15.2. The summed E-state index contributed by atoms with van der Waals surface area (Å²) in [5.41, 5.74) is 2.34. The molecule has 2 rings (SSSR count). The van der Waals surface area contributed by atoms with Crippen molar-refractivity contribution in [3.05, 3.63) is 56.7 Å². The maximum Gasteiger partial charge on any atom is 0.138 e. The van der Waals surface area contributed by atoms with E-state index in [1.807, 2.05) is 37.5 Å². The topological polar surface area (TPSA) is 34.1 Å². The zero-order valence-electron chi connectivity index (χ0n) is 12.1. The molecule has 0 fully saturated rings. The lowest BCUT2D eigenvalue weighted by atomic mass is 10.1. The van der Waals surface area contributed by atoms with Gasteiger partial charge in [-0.3, -0.25) is 4.98 Å². The van der Waals surface area contributed by atoms with E-state index >= 15 is 0 Å². The normalized spacial score (nSPS) is 12.2. The van der Waals surface area contributed by atoms with Crippen molar-refractivity contribution in [3.8, 4) is 5.75 Å². The van der Waals surface area contributed by atoms with Gasteiger partial charge in [0.2, 0.25) is 0 Å². The second kappa shape index (κ2) is 7.92. The summed E-state index contributed by atoms with van der Waals surface area (Å²) >= 11 is 7.09. The SMILES string of the molecule is CCOc1c(Br)cc(Br)cc1CN[C@H](C)c1ccncc1. The van der Waals surface area contributed by atoms with Crippen LogP contribution in [0.2, 0.25) is 0 Å². The van der Waals surface area contributed by atoms with Crippen molar-refractivity contribution >= 4 is 31.9 Å². The fourth-order valence-corrected chi connectivity index (χ4v) is 3.51. The van der Waals surface area contributed by atoms with Crippen LogP contribution in [0, 0.1) is 0 Å². The number of pyridine rings is 1. The molecule has 0 amide bonds. The first-order valence-corrected chi connectivity index (χ1v) is 8.44.